The van der Waals surface area contributed by atoms with Gasteiger partial charge in [-0.05, 0) is 43.5 Å². The lowest BCUT2D eigenvalue weighted by Gasteiger charge is -2.38. The maximum absolute atomic E-state index is 13.6. The lowest BCUT2D eigenvalue weighted by atomic mass is 10.1. The molecule has 2 saturated heterocycles. The normalized spacial score (nSPS) is 16.7. The Morgan fingerprint density at radius 1 is 0.758 bits per heavy atom. The van der Waals surface area contributed by atoms with Crippen molar-refractivity contribution in [3.8, 4) is 16.9 Å². The predicted molar refractivity (Wildman–Crippen MR) is 125 cm³/mol. The van der Waals surface area contributed by atoms with E-state index in [2.05, 4.69) is 4.98 Å². The van der Waals surface area contributed by atoms with E-state index >= 15 is 0 Å². The molecule has 0 radical (unpaired) electrons. The molecule has 170 valence electrons. The van der Waals surface area contributed by atoms with Crippen LogP contribution >= 0.6 is 0 Å². The summed E-state index contributed by atoms with van der Waals surface area (Å²) in [6.45, 7) is 3.81. The van der Waals surface area contributed by atoms with Gasteiger partial charge in [0.05, 0.1) is 11.3 Å². The highest BCUT2D eigenvalue weighted by atomic mass is 16.2. The van der Waals surface area contributed by atoms with Crippen molar-refractivity contribution < 1.29 is 9.59 Å². The van der Waals surface area contributed by atoms with Gasteiger partial charge in [0.15, 0.2) is 0 Å². The zero-order chi connectivity index (χ0) is 22.6. The molecular weight excluding hydrogens is 416 g/mol. The summed E-state index contributed by atoms with van der Waals surface area (Å²) in [6, 6.07) is 13.6. The number of aromatic nitrogens is 3. The molecule has 0 unspecified atom stereocenters. The first-order chi connectivity index (χ1) is 16.2. The molecule has 0 bridgehead atoms. The third-order valence-corrected chi connectivity index (χ3v) is 6.36. The first-order valence-corrected chi connectivity index (χ1v) is 11.6. The van der Waals surface area contributed by atoms with Gasteiger partial charge in [0.1, 0.15) is 5.69 Å². The fraction of sp³-hybridized carbons (Fsp3) is 0.360. The van der Waals surface area contributed by atoms with Crippen molar-refractivity contribution in [1.82, 2.24) is 29.5 Å². The minimum Gasteiger partial charge on any atom is -0.335 e. The maximum atomic E-state index is 13.6. The SMILES string of the molecule is O=C(c1cn(-c2ccccc2)nc1-c1cccnc1)N1CCN(C(=O)N2CCCCC2)CC1. The number of nitrogens with zero attached hydrogens (tertiary/aromatic N) is 6. The summed E-state index contributed by atoms with van der Waals surface area (Å²) in [5, 5.41) is 4.73. The van der Waals surface area contributed by atoms with Crippen molar-refractivity contribution in [2.24, 2.45) is 0 Å². The van der Waals surface area contributed by atoms with E-state index in [1.165, 1.54) is 6.42 Å². The molecule has 2 aliphatic heterocycles. The topological polar surface area (TPSA) is 74.6 Å². The predicted octanol–water partition coefficient (Wildman–Crippen LogP) is 3.30. The Bertz CT molecular complexity index is 1100. The molecule has 8 nitrogen and oxygen atoms in total. The third-order valence-electron chi connectivity index (χ3n) is 6.36. The van der Waals surface area contributed by atoms with Crippen LogP contribution in [0, 0.1) is 0 Å². The smallest absolute Gasteiger partial charge is 0.320 e. The molecule has 33 heavy (non-hydrogen) atoms. The average molecular weight is 445 g/mol. The van der Waals surface area contributed by atoms with Crippen LogP contribution in [0.1, 0.15) is 29.6 Å². The van der Waals surface area contributed by atoms with E-state index in [4.69, 9.17) is 5.10 Å². The zero-order valence-electron chi connectivity index (χ0n) is 18.6. The van der Waals surface area contributed by atoms with Crippen molar-refractivity contribution in [3.05, 3.63) is 66.6 Å². The van der Waals surface area contributed by atoms with Gasteiger partial charge in [0.25, 0.3) is 5.91 Å². The van der Waals surface area contributed by atoms with Crippen LogP contribution in [0.2, 0.25) is 0 Å². The number of piperazine rings is 1. The average Bonchev–Trinajstić information content (AvgIpc) is 3.35. The highest BCUT2D eigenvalue weighted by Gasteiger charge is 2.30. The van der Waals surface area contributed by atoms with E-state index in [0.29, 0.717) is 37.4 Å². The van der Waals surface area contributed by atoms with E-state index in [1.54, 1.807) is 23.3 Å². The number of para-hydroxylation sites is 1. The molecule has 3 amide bonds. The molecule has 0 aliphatic carbocycles. The van der Waals surface area contributed by atoms with Gasteiger partial charge in [-0.2, -0.15) is 5.10 Å². The summed E-state index contributed by atoms with van der Waals surface area (Å²) in [7, 11) is 0. The molecule has 1 aromatic carbocycles. The number of benzene rings is 1. The molecule has 0 N–H and O–H groups in total. The van der Waals surface area contributed by atoms with Crippen LogP contribution in [0.3, 0.4) is 0 Å². The van der Waals surface area contributed by atoms with Gasteiger partial charge in [0.2, 0.25) is 0 Å². The number of rotatable bonds is 3. The summed E-state index contributed by atoms with van der Waals surface area (Å²) in [5.74, 6) is -0.0684. The molecule has 0 saturated carbocycles. The number of hydrogen-bond donors (Lipinski definition) is 0. The van der Waals surface area contributed by atoms with E-state index in [-0.39, 0.29) is 11.9 Å². The Balaban J connectivity index is 1.35. The van der Waals surface area contributed by atoms with Gasteiger partial charge < -0.3 is 14.7 Å². The molecule has 2 aliphatic rings. The third kappa shape index (κ3) is 4.46. The molecule has 2 aromatic heterocycles. The first-order valence-electron chi connectivity index (χ1n) is 11.6. The number of carbonyl (C=O) groups excluding carboxylic acids is 2. The van der Waals surface area contributed by atoms with E-state index in [9.17, 15) is 9.59 Å². The van der Waals surface area contributed by atoms with Gasteiger partial charge in [0, 0.05) is 63.4 Å². The molecule has 8 heteroatoms. The molecule has 5 rings (SSSR count). The van der Waals surface area contributed by atoms with E-state index < -0.39 is 0 Å². The highest BCUT2D eigenvalue weighted by molar-refractivity contribution is 6.00. The zero-order valence-corrected chi connectivity index (χ0v) is 18.6. The summed E-state index contributed by atoms with van der Waals surface area (Å²) >= 11 is 0. The summed E-state index contributed by atoms with van der Waals surface area (Å²) in [6.07, 6.45) is 8.58. The van der Waals surface area contributed by atoms with Crippen LogP contribution in [0.5, 0.6) is 0 Å². The number of amides is 3. The van der Waals surface area contributed by atoms with Crippen LogP contribution in [0.15, 0.2) is 61.1 Å². The van der Waals surface area contributed by atoms with Gasteiger partial charge in [-0.15, -0.1) is 0 Å². The Kier molecular flexibility index (Phi) is 6.06. The van der Waals surface area contributed by atoms with Gasteiger partial charge in [-0.1, -0.05) is 18.2 Å². The standard InChI is InChI=1S/C25H28N6O2/c32-24(28-14-16-30(17-15-28)25(33)29-12-5-2-6-13-29)22-19-31(21-9-3-1-4-10-21)27-23(22)20-8-7-11-26-18-20/h1,3-4,7-11,18-19H,2,5-6,12-17H2. The van der Waals surface area contributed by atoms with Crippen molar-refractivity contribution >= 4 is 11.9 Å². The maximum Gasteiger partial charge on any atom is 0.320 e. The molecule has 3 aromatic rings. The highest BCUT2D eigenvalue weighted by Crippen LogP contribution is 2.25. The molecule has 0 spiro atoms. The second-order valence-electron chi connectivity index (χ2n) is 8.52. The van der Waals surface area contributed by atoms with Crippen LogP contribution in [-0.2, 0) is 0 Å². The number of piperidine rings is 1. The van der Waals surface area contributed by atoms with E-state index in [0.717, 1.165) is 37.2 Å². The number of carbonyl (C=O) groups is 2. The number of hydrogen-bond acceptors (Lipinski definition) is 4. The molecular formula is C25H28N6O2. The summed E-state index contributed by atoms with van der Waals surface area (Å²) < 4.78 is 1.74. The number of likely N-dealkylation sites (tertiary alicyclic amines) is 1. The van der Waals surface area contributed by atoms with Crippen molar-refractivity contribution in [2.45, 2.75) is 19.3 Å². The minimum atomic E-state index is -0.0684. The quantitative estimate of drug-likeness (QED) is 0.621. The molecule has 0 atom stereocenters. The Morgan fingerprint density at radius 2 is 1.45 bits per heavy atom. The van der Waals surface area contributed by atoms with Crippen LogP contribution in [-0.4, -0.2) is 80.7 Å². The van der Waals surface area contributed by atoms with E-state index in [1.807, 2.05) is 57.2 Å². The number of urea groups is 1. The number of pyridine rings is 1. The van der Waals surface area contributed by atoms with Crippen LogP contribution < -0.4 is 0 Å². The Labute approximate surface area is 193 Å². The van der Waals surface area contributed by atoms with Gasteiger partial charge >= 0.3 is 6.03 Å². The van der Waals surface area contributed by atoms with Crippen LogP contribution in [0.25, 0.3) is 16.9 Å². The lowest BCUT2D eigenvalue weighted by molar-refractivity contribution is 0.0633. The fourth-order valence-corrected chi connectivity index (χ4v) is 4.52. The first kappa shape index (κ1) is 21.2. The van der Waals surface area contributed by atoms with Gasteiger partial charge in [-0.25, -0.2) is 9.48 Å². The lowest BCUT2D eigenvalue weighted by Crippen LogP contribution is -2.54. The fourth-order valence-electron chi connectivity index (χ4n) is 4.52. The minimum absolute atomic E-state index is 0.0684. The van der Waals surface area contributed by atoms with Crippen LogP contribution in [0.4, 0.5) is 4.79 Å². The van der Waals surface area contributed by atoms with Gasteiger partial charge in [-0.3, -0.25) is 9.78 Å². The second kappa shape index (κ2) is 9.44. The molecule has 2 fully saturated rings. The largest absolute Gasteiger partial charge is 0.335 e. The summed E-state index contributed by atoms with van der Waals surface area (Å²) in [4.78, 5) is 36.2. The Morgan fingerprint density at radius 3 is 2.15 bits per heavy atom. The second-order valence-corrected chi connectivity index (χ2v) is 8.52. The van der Waals surface area contributed by atoms with Crippen molar-refractivity contribution in [3.63, 3.8) is 0 Å². The van der Waals surface area contributed by atoms with Crippen molar-refractivity contribution in [1.29, 1.82) is 0 Å². The monoisotopic (exact) mass is 444 g/mol. The Hall–Kier alpha value is -3.68. The molecule has 4 heterocycles. The van der Waals surface area contributed by atoms with Crippen molar-refractivity contribution in [2.75, 3.05) is 39.3 Å². The summed E-state index contributed by atoms with van der Waals surface area (Å²) in [5.41, 5.74) is 2.85.